The van der Waals surface area contributed by atoms with Crippen LogP contribution in [0.15, 0.2) is 42.7 Å². The van der Waals surface area contributed by atoms with Crippen molar-refractivity contribution in [1.82, 2.24) is 14.5 Å². The third-order valence-corrected chi connectivity index (χ3v) is 6.86. The summed E-state index contributed by atoms with van der Waals surface area (Å²) in [7, 11) is 0. The second kappa shape index (κ2) is 12.5. The highest BCUT2D eigenvalue weighted by atomic mass is 35.5. The molecule has 0 saturated heterocycles. The van der Waals surface area contributed by atoms with Gasteiger partial charge in [0.05, 0.1) is 42.2 Å². The molecule has 0 saturated carbocycles. The van der Waals surface area contributed by atoms with Crippen LogP contribution in [0.1, 0.15) is 44.0 Å². The minimum atomic E-state index is -0.890. The molecule has 0 radical (unpaired) electrons. The summed E-state index contributed by atoms with van der Waals surface area (Å²) in [4.78, 5) is 23.2. The fourth-order valence-electron chi connectivity index (χ4n) is 5.02. The quantitative estimate of drug-likeness (QED) is 0.227. The Morgan fingerprint density at radius 2 is 1.73 bits per heavy atom. The molecule has 10 heteroatoms. The molecular weight excluding hydrogens is 544 g/mol. The van der Waals surface area contributed by atoms with Crippen molar-refractivity contribution in [1.29, 1.82) is 0 Å². The maximum absolute atomic E-state index is 12.0. The first-order valence-corrected chi connectivity index (χ1v) is 14.0. The first-order chi connectivity index (χ1) is 19.4. The van der Waals surface area contributed by atoms with Gasteiger partial charge in [-0.05, 0) is 75.1 Å². The number of rotatable bonds is 8. The molecule has 0 amide bonds. The van der Waals surface area contributed by atoms with Gasteiger partial charge in [0.1, 0.15) is 0 Å². The van der Waals surface area contributed by atoms with Crippen LogP contribution >= 0.6 is 11.6 Å². The van der Waals surface area contributed by atoms with Crippen molar-refractivity contribution < 1.29 is 24.9 Å². The van der Waals surface area contributed by atoms with Crippen LogP contribution in [0.5, 0.6) is 5.75 Å². The summed E-state index contributed by atoms with van der Waals surface area (Å²) in [6.07, 6.45) is 3.69. The highest BCUT2D eigenvalue weighted by Crippen LogP contribution is 2.46. The number of aromatic nitrogens is 3. The molecule has 4 aromatic rings. The highest BCUT2D eigenvalue weighted by Gasteiger charge is 2.30. The minimum Gasteiger partial charge on any atom is -0.490 e. The van der Waals surface area contributed by atoms with Crippen molar-refractivity contribution in [3.63, 3.8) is 0 Å². The van der Waals surface area contributed by atoms with E-state index in [1.54, 1.807) is 33.2 Å². The Labute approximate surface area is 245 Å². The van der Waals surface area contributed by atoms with Gasteiger partial charge in [0, 0.05) is 42.2 Å². The van der Waals surface area contributed by atoms with Crippen molar-refractivity contribution in [2.45, 2.75) is 59.6 Å². The van der Waals surface area contributed by atoms with Gasteiger partial charge in [-0.3, -0.25) is 4.79 Å². The molecule has 0 aliphatic carbocycles. The minimum absolute atomic E-state index is 0.0613. The second-order valence-electron chi connectivity index (χ2n) is 11.1. The van der Waals surface area contributed by atoms with Crippen LogP contribution in [0.2, 0.25) is 5.02 Å². The van der Waals surface area contributed by atoms with E-state index in [4.69, 9.17) is 26.6 Å². The topological polar surface area (TPSA) is 121 Å². The molecule has 9 nitrogen and oxygen atoms in total. The van der Waals surface area contributed by atoms with E-state index in [1.807, 2.05) is 31.2 Å². The number of carboxylic acids is 1. The summed E-state index contributed by atoms with van der Waals surface area (Å²) in [5, 5.41) is 28.9. The van der Waals surface area contributed by atoms with Gasteiger partial charge in [0.25, 0.3) is 0 Å². The van der Waals surface area contributed by atoms with Crippen LogP contribution in [0.25, 0.3) is 22.0 Å². The van der Waals surface area contributed by atoms with Gasteiger partial charge in [-0.15, -0.1) is 0 Å². The zero-order valence-electron chi connectivity index (χ0n) is 24.1. The summed E-state index contributed by atoms with van der Waals surface area (Å²) >= 11 is 6.15. The summed E-state index contributed by atoms with van der Waals surface area (Å²) in [6, 6.07) is 9.68. The fraction of sp³-hybridized carbons (Fsp3) is 0.387. The van der Waals surface area contributed by atoms with E-state index < -0.39 is 11.6 Å². The average Bonchev–Trinajstić information content (AvgIpc) is 3.23. The maximum Gasteiger partial charge on any atom is 0.307 e. The Morgan fingerprint density at radius 1 is 1.10 bits per heavy atom. The summed E-state index contributed by atoms with van der Waals surface area (Å²) in [5.74, 6) is 0.175. The van der Waals surface area contributed by atoms with Crippen molar-refractivity contribution in [2.24, 2.45) is 0 Å². The van der Waals surface area contributed by atoms with Gasteiger partial charge in [-0.2, -0.15) is 0 Å². The highest BCUT2D eigenvalue weighted by molar-refractivity contribution is 6.30. The molecule has 41 heavy (non-hydrogen) atoms. The molecule has 2 aromatic carbocycles. The van der Waals surface area contributed by atoms with Crippen LogP contribution in [0, 0.1) is 13.8 Å². The van der Waals surface area contributed by atoms with Crippen molar-refractivity contribution in [3.05, 3.63) is 64.6 Å². The van der Waals surface area contributed by atoms with Crippen LogP contribution in [-0.2, 0) is 17.8 Å². The number of benzene rings is 2. The van der Waals surface area contributed by atoms with Crippen molar-refractivity contribution in [2.75, 3.05) is 24.7 Å². The van der Waals surface area contributed by atoms with Crippen LogP contribution in [0.4, 0.5) is 11.6 Å². The molecule has 218 valence electrons. The molecule has 1 aliphatic rings. The van der Waals surface area contributed by atoms with Crippen LogP contribution < -0.4 is 9.64 Å². The van der Waals surface area contributed by atoms with Crippen LogP contribution in [0.3, 0.4) is 0 Å². The molecule has 2 aromatic heterocycles. The third kappa shape index (κ3) is 6.98. The predicted octanol–water partition coefficient (Wildman–Crippen LogP) is 5.69. The number of carboxylic acid groups (broad SMARTS) is 1. The summed E-state index contributed by atoms with van der Waals surface area (Å²) in [6.45, 7) is 11.1. The second-order valence-corrected chi connectivity index (χ2v) is 11.5. The number of aryl methyl sites for hydroxylation is 1. The molecule has 5 rings (SSSR count). The van der Waals surface area contributed by atoms with Gasteiger partial charge in [-0.1, -0.05) is 23.7 Å². The lowest BCUT2D eigenvalue weighted by Gasteiger charge is -2.33. The van der Waals surface area contributed by atoms with E-state index in [0.717, 1.165) is 51.1 Å². The number of hydrogen-bond donors (Lipinski definition) is 3. The lowest BCUT2D eigenvalue weighted by molar-refractivity contribution is -0.136. The number of carbonyl (C=O) groups is 1. The zero-order valence-corrected chi connectivity index (χ0v) is 24.9. The van der Waals surface area contributed by atoms with Gasteiger partial charge < -0.3 is 29.5 Å². The lowest BCUT2D eigenvalue weighted by Crippen LogP contribution is -2.30. The standard InChI is InChI=1S/C27H27ClN4O4.C4H10O/c1-16-12-22-24(18-4-6-19(28)7-5-18)21(13-23(34)35)17(2)25-26(22)31(16)8-9-32(25)27-29-14-20(15-30-27)36-11-3-10-33;1-4(2,3)5/h4-7,12,14-15,33H,3,8-11,13H2,1-2H3,(H,34,35);5H,1-3H3. The van der Waals surface area contributed by atoms with E-state index in [9.17, 15) is 9.90 Å². The van der Waals surface area contributed by atoms with E-state index in [2.05, 4.69) is 32.4 Å². The lowest BCUT2D eigenvalue weighted by atomic mass is 9.88. The number of hydrogen-bond acceptors (Lipinski definition) is 7. The molecule has 0 atom stereocenters. The molecule has 3 N–H and O–H groups in total. The Kier molecular flexibility index (Phi) is 9.21. The fourth-order valence-corrected chi connectivity index (χ4v) is 5.15. The van der Waals surface area contributed by atoms with Crippen LogP contribution in [-0.4, -0.2) is 61.2 Å². The Bertz CT molecular complexity index is 1520. The average molecular weight is 581 g/mol. The molecular formula is C31H37ClN4O5. The van der Waals surface area contributed by atoms with Gasteiger partial charge in [-0.25, -0.2) is 9.97 Å². The van der Waals surface area contributed by atoms with E-state index in [0.29, 0.717) is 36.3 Å². The molecule has 0 spiro atoms. The maximum atomic E-state index is 12.0. The largest absolute Gasteiger partial charge is 0.490 e. The van der Waals surface area contributed by atoms with E-state index in [-0.39, 0.29) is 13.0 Å². The molecule has 0 unspecified atom stereocenters. The predicted molar refractivity (Wildman–Crippen MR) is 161 cm³/mol. The first kappa shape index (κ1) is 30.3. The number of halogens is 1. The Balaban J connectivity index is 0.000000714. The first-order valence-electron chi connectivity index (χ1n) is 13.6. The normalized spacial score (nSPS) is 12.7. The van der Waals surface area contributed by atoms with Crippen molar-refractivity contribution >= 4 is 40.1 Å². The number of anilines is 2. The van der Waals surface area contributed by atoms with Gasteiger partial charge in [0.15, 0.2) is 5.75 Å². The zero-order chi connectivity index (χ0) is 29.9. The van der Waals surface area contributed by atoms with Gasteiger partial charge >= 0.3 is 5.97 Å². The summed E-state index contributed by atoms with van der Waals surface area (Å²) in [5.41, 5.74) is 6.08. The number of aliphatic hydroxyl groups excluding tert-OH is 1. The monoisotopic (exact) mass is 580 g/mol. The summed E-state index contributed by atoms with van der Waals surface area (Å²) < 4.78 is 7.87. The Morgan fingerprint density at radius 3 is 2.32 bits per heavy atom. The molecule has 0 fully saturated rings. The Hall–Kier alpha value is -3.66. The number of aliphatic carboxylic acids is 1. The molecule has 0 bridgehead atoms. The van der Waals surface area contributed by atoms with E-state index >= 15 is 0 Å². The number of ether oxygens (including phenoxy) is 1. The van der Waals surface area contributed by atoms with E-state index in [1.165, 1.54) is 0 Å². The molecule has 1 aliphatic heterocycles. The van der Waals surface area contributed by atoms with Crippen molar-refractivity contribution in [3.8, 4) is 16.9 Å². The number of nitrogens with zero attached hydrogens (tertiary/aromatic N) is 4. The molecule has 3 heterocycles. The third-order valence-electron chi connectivity index (χ3n) is 6.61. The number of aliphatic hydroxyl groups is 2. The van der Waals surface area contributed by atoms with Gasteiger partial charge in [0.2, 0.25) is 5.95 Å². The smallest absolute Gasteiger partial charge is 0.307 e. The SMILES string of the molecule is CC(C)(C)O.Cc1c(CC(=O)O)c(-c2ccc(Cl)cc2)c2cc(C)n3c2c1N(c1ncc(OCCCO)cn1)CC3.